The lowest BCUT2D eigenvalue weighted by atomic mass is 9.97. The summed E-state index contributed by atoms with van der Waals surface area (Å²) in [6.45, 7) is 3.43. The molecule has 1 aromatic carbocycles. The van der Waals surface area contributed by atoms with Crippen molar-refractivity contribution in [2.24, 2.45) is 10.9 Å². The van der Waals surface area contributed by atoms with Gasteiger partial charge >= 0.3 is 0 Å². The number of nitrogens with one attached hydrogen (secondary N) is 1. The van der Waals surface area contributed by atoms with Gasteiger partial charge in [-0.15, -0.1) is 0 Å². The fourth-order valence-corrected chi connectivity index (χ4v) is 1.60. The number of halogens is 1. The number of carbonyl (C=O) groups excluding carboxylic acids is 1. The van der Waals surface area contributed by atoms with Gasteiger partial charge in [-0.2, -0.15) is 0 Å². The van der Waals surface area contributed by atoms with Gasteiger partial charge in [0, 0.05) is 5.56 Å². The second kappa shape index (κ2) is 5.79. The molecule has 0 aliphatic carbocycles. The number of phenolic OH excluding ortho intramolecular Hbond substituents is 1. The van der Waals surface area contributed by atoms with Gasteiger partial charge in [-0.25, -0.2) is 0 Å². The Kier molecular flexibility index (Phi) is 4.61. The summed E-state index contributed by atoms with van der Waals surface area (Å²) in [7, 11) is 0. The predicted molar refractivity (Wildman–Crippen MR) is 72.7 cm³/mol. The molecule has 5 N–H and O–H groups in total. The molecule has 0 aliphatic rings. The fourth-order valence-electron chi connectivity index (χ4n) is 1.41. The number of hydrogen-bond donors (Lipinski definition) is 4. The van der Waals surface area contributed by atoms with Crippen LogP contribution in [-0.4, -0.2) is 27.6 Å². The number of oxime groups is 1. The topological polar surface area (TPSA) is 108 Å². The average molecular weight is 286 g/mol. The zero-order chi connectivity index (χ0) is 14.6. The summed E-state index contributed by atoms with van der Waals surface area (Å²) in [6.07, 6.45) is 0.445. The van der Waals surface area contributed by atoms with Crippen LogP contribution in [0.15, 0.2) is 23.4 Å². The number of amides is 1. The molecule has 0 radical (unpaired) electrons. The summed E-state index contributed by atoms with van der Waals surface area (Å²) in [4.78, 5) is 12.1. The van der Waals surface area contributed by atoms with E-state index in [-0.39, 0.29) is 22.2 Å². The lowest BCUT2D eigenvalue weighted by Gasteiger charge is -2.28. The van der Waals surface area contributed by atoms with Crippen molar-refractivity contribution in [1.29, 1.82) is 0 Å². The van der Waals surface area contributed by atoms with Crippen molar-refractivity contribution < 1.29 is 15.1 Å². The number of nitrogens with two attached hydrogens (primary N) is 1. The van der Waals surface area contributed by atoms with Gasteiger partial charge in [-0.1, -0.05) is 23.7 Å². The maximum Gasteiger partial charge on any atom is 0.252 e. The number of aromatic hydroxyl groups is 1. The smallest absolute Gasteiger partial charge is 0.252 e. The van der Waals surface area contributed by atoms with Crippen molar-refractivity contribution >= 4 is 23.3 Å². The molecule has 1 atom stereocenters. The Hall–Kier alpha value is -1.95. The SMILES string of the molecule is CCC(C)(NC(=O)c1ccc(O)c(Cl)c1)/C(N)=N/O. The quantitative estimate of drug-likeness (QED) is 0.292. The lowest BCUT2D eigenvalue weighted by molar-refractivity contribution is 0.0925. The molecule has 0 heterocycles. The monoisotopic (exact) mass is 285 g/mol. The molecule has 0 saturated carbocycles. The molecule has 0 aliphatic heterocycles. The van der Waals surface area contributed by atoms with Crippen LogP contribution in [0.2, 0.25) is 5.02 Å². The molecule has 104 valence electrons. The Bertz CT molecular complexity index is 519. The maximum atomic E-state index is 12.1. The highest BCUT2D eigenvalue weighted by molar-refractivity contribution is 6.32. The van der Waals surface area contributed by atoms with Gasteiger partial charge in [-0.05, 0) is 31.5 Å². The largest absolute Gasteiger partial charge is 0.506 e. The van der Waals surface area contributed by atoms with Crippen LogP contribution in [0.4, 0.5) is 0 Å². The van der Waals surface area contributed by atoms with E-state index in [1.807, 2.05) is 0 Å². The molecule has 1 aromatic rings. The van der Waals surface area contributed by atoms with E-state index in [4.69, 9.17) is 22.5 Å². The first kappa shape index (κ1) is 15.1. The zero-order valence-corrected chi connectivity index (χ0v) is 11.4. The maximum absolute atomic E-state index is 12.1. The Morgan fingerprint density at radius 3 is 2.68 bits per heavy atom. The number of benzene rings is 1. The number of nitrogens with zero attached hydrogens (tertiary/aromatic N) is 1. The van der Waals surface area contributed by atoms with Crippen LogP contribution in [0.1, 0.15) is 30.6 Å². The van der Waals surface area contributed by atoms with Crippen molar-refractivity contribution in [3.05, 3.63) is 28.8 Å². The summed E-state index contributed by atoms with van der Waals surface area (Å²) < 4.78 is 0. The highest BCUT2D eigenvalue weighted by atomic mass is 35.5. The molecule has 0 aromatic heterocycles. The first-order chi connectivity index (χ1) is 8.84. The van der Waals surface area contributed by atoms with Crippen molar-refractivity contribution in [3.8, 4) is 5.75 Å². The zero-order valence-electron chi connectivity index (χ0n) is 10.6. The summed E-state index contributed by atoms with van der Waals surface area (Å²) >= 11 is 5.73. The predicted octanol–water partition coefficient (Wildman–Crippen LogP) is 1.69. The Balaban J connectivity index is 2.98. The Morgan fingerprint density at radius 1 is 1.58 bits per heavy atom. The molecule has 1 unspecified atom stereocenters. The van der Waals surface area contributed by atoms with Crippen LogP contribution in [0.25, 0.3) is 0 Å². The summed E-state index contributed by atoms with van der Waals surface area (Å²) in [5.41, 5.74) is 4.87. The van der Waals surface area contributed by atoms with Crippen LogP contribution in [0.3, 0.4) is 0 Å². The third kappa shape index (κ3) is 3.29. The van der Waals surface area contributed by atoms with E-state index in [2.05, 4.69) is 10.5 Å². The van der Waals surface area contributed by atoms with Crippen molar-refractivity contribution in [2.45, 2.75) is 25.8 Å². The van der Waals surface area contributed by atoms with E-state index < -0.39 is 11.4 Å². The van der Waals surface area contributed by atoms with Crippen molar-refractivity contribution in [2.75, 3.05) is 0 Å². The van der Waals surface area contributed by atoms with E-state index in [1.165, 1.54) is 18.2 Å². The van der Waals surface area contributed by atoms with Gasteiger partial charge in [0.1, 0.15) is 5.75 Å². The third-order valence-electron chi connectivity index (χ3n) is 2.98. The van der Waals surface area contributed by atoms with Crippen molar-refractivity contribution in [3.63, 3.8) is 0 Å². The first-order valence-electron chi connectivity index (χ1n) is 5.63. The van der Waals surface area contributed by atoms with Gasteiger partial charge in [0.15, 0.2) is 5.84 Å². The van der Waals surface area contributed by atoms with E-state index in [9.17, 15) is 9.90 Å². The van der Waals surface area contributed by atoms with Gasteiger partial charge in [0.25, 0.3) is 5.91 Å². The second-order valence-corrected chi connectivity index (χ2v) is 4.70. The van der Waals surface area contributed by atoms with Gasteiger partial charge in [-0.3, -0.25) is 4.79 Å². The second-order valence-electron chi connectivity index (χ2n) is 4.29. The minimum Gasteiger partial charge on any atom is -0.506 e. The summed E-state index contributed by atoms with van der Waals surface area (Å²) in [5, 5.41) is 23.7. The standard InChI is InChI=1S/C12H16ClN3O3/c1-3-12(2,11(14)16-19)15-10(18)7-4-5-9(17)8(13)6-7/h4-6,17,19H,3H2,1-2H3,(H2,14,16)(H,15,18). The van der Waals surface area contributed by atoms with Crippen LogP contribution < -0.4 is 11.1 Å². The number of carbonyl (C=O) groups is 1. The minimum atomic E-state index is -0.962. The van der Waals surface area contributed by atoms with Gasteiger partial charge in [0.2, 0.25) is 0 Å². The molecule has 1 rings (SSSR count). The van der Waals surface area contributed by atoms with E-state index in [0.29, 0.717) is 6.42 Å². The molecule has 0 spiro atoms. The molecular weight excluding hydrogens is 270 g/mol. The molecule has 0 bridgehead atoms. The van der Waals surface area contributed by atoms with Crippen LogP contribution in [-0.2, 0) is 0 Å². The minimum absolute atomic E-state index is 0.0784. The highest BCUT2D eigenvalue weighted by Gasteiger charge is 2.30. The first-order valence-corrected chi connectivity index (χ1v) is 6.01. The van der Waals surface area contributed by atoms with Gasteiger partial charge in [0.05, 0.1) is 10.6 Å². The molecule has 0 saturated heterocycles. The van der Waals surface area contributed by atoms with E-state index >= 15 is 0 Å². The fraction of sp³-hybridized carbons (Fsp3) is 0.333. The molecular formula is C12H16ClN3O3. The summed E-state index contributed by atoms with van der Waals surface area (Å²) in [6, 6.07) is 4.09. The van der Waals surface area contributed by atoms with Crippen LogP contribution >= 0.6 is 11.6 Å². The lowest BCUT2D eigenvalue weighted by Crippen LogP contribution is -2.55. The van der Waals surface area contributed by atoms with Crippen LogP contribution in [0.5, 0.6) is 5.75 Å². The van der Waals surface area contributed by atoms with E-state index in [1.54, 1.807) is 13.8 Å². The normalized spacial score (nSPS) is 14.8. The third-order valence-corrected chi connectivity index (χ3v) is 3.28. The van der Waals surface area contributed by atoms with E-state index in [0.717, 1.165) is 0 Å². The Morgan fingerprint density at radius 2 is 2.21 bits per heavy atom. The molecule has 1 amide bonds. The average Bonchev–Trinajstić information content (AvgIpc) is 2.40. The Labute approximate surface area is 115 Å². The highest BCUT2D eigenvalue weighted by Crippen LogP contribution is 2.24. The molecule has 0 fully saturated rings. The number of hydrogen-bond acceptors (Lipinski definition) is 4. The molecule has 7 heteroatoms. The van der Waals surface area contributed by atoms with Crippen LogP contribution in [0, 0.1) is 0 Å². The number of amidine groups is 1. The molecule has 6 nitrogen and oxygen atoms in total. The van der Waals surface area contributed by atoms with Gasteiger partial charge < -0.3 is 21.4 Å². The summed E-state index contributed by atoms with van der Waals surface area (Å²) in [5.74, 6) is -0.626. The van der Waals surface area contributed by atoms with Crippen molar-refractivity contribution in [1.82, 2.24) is 5.32 Å². The molecule has 19 heavy (non-hydrogen) atoms. The number of phenols is 1. The number of rotatable bonds is 4.